The highest BCUT2D eigenvalue weighted by Gasteiger charge is 2.23. The predicted octanol–water partition coefficient (Wildman–Crippen LogP) is 1.17. The minimum absolute atomic E-state index is 0.559. The molecule has 18 heavy (non-hydrogen) atoms. The summed E-state index contributed by atoms with van der Waals surface area (Å²) in [5.74, 6) is 1.06. The van der Waals surface area contributed by atoms with E-state index in [-0.39, 0.29) is 0 Å². The molecule has 102 valence electrons. The van der Waals surface area contributed by atoms with Crippen LogP contribution in [0.2, 0.25) is 0 Å². The Morgan fingerprint density at radius 1 is 1.44 bits per heavy atom. The first-order valence-corrected chi connectivity index (χ1v) is 6.97. The maximum Gasteiger partial charge on any atom is 0.146 e. The Morgan fingerprint density at radius 3 is 2.94 bits per heavy atom. The minimum Gasteiger partial charge on any atom is -0.320 e. The Hall–Kier alpha value is -0.940. The maximum atomic E-state index is 4.19. The molecule has 5 nitrogen and oxygen atoms in total. The molecule has 1 N–H and O–H groups in total. The van der Waals surface area contributed by atoms with Gasteiger partial charge < -0.3 is 9.88 Å². The van der Waals surface area contributed by atoms with Gasteiger partial charge in [-0.3, -0.25) is 4.90 Å². The van der Waals surface area contributed by atoms with E-state index in [0.29, 0.717) is 12.1 Å². The highest BCUT2D eigenvalue weighted by Crippen LogP contribution is 2.18. The first-order chi connectivity index (χ1) is 8.66. The van der Waals surface area contributed by atoms with Gasteiger partial charge in [0.25, 0.3) is 0 Å². The van der Waals surface area contributed by atoms with Crippen LogP contribution in [0.15, 0.2) is 6.33 Å². The van der Waals surface area contributed by atoms with E-state index in [1.54, 1.807) is 6.33 Å². The van der Waals surface area contributed by atoms with Gasteiger partial charge in [0.2, 0.25) is 0 Å². The second-order valence-electron chi connectivity index (χ2n) is 5.54. The zero-order chi connectivity index (χ0) is 13.0. The second-order valence-corrected chi connectivity index (χ2v) is 5.54. The quantitative estimate of drug-likeness (QED) is 0.853. The number of piperidine rings is 1. The van der Waals surface area contributed by atoms with Crippen LogP contribution in [0.4, 0.5) is 0 Å². The molecule has 0 saturated carbocycles. The van der Waals surface area contributed by atoms with E-state index < -0.39 is 0 Å². The van der Waals surface area contributed by atoms with Crippen LogP contribution in [0.5, 0.6) is 0 Å². The highest BCUT2D eigenvalue weighted by atomic mass is 15.3. The van der Waals surface area contributed by atoms with Crippen molar-refractivity contribution in [2.45, 2.75) is 51.7 Å². The van der Waals surface area contributed by atoms with E-state index in [1.807, 2.05) is 11.6 Å². The van der Waals surface area contributed by atoms with Gasteiger partial charge in [-0.1, -0.05) is 20.3 Å². The molecule has 0 aromatic carbocycles. The van der Waals surface area contributed by atoms with Crippen LogP contribution in [0.3, 0.4) is 0 Å². The fourth-order valence-electron chi connectivity index (χ4n) is 2.50. The standard InChI is InChI=1S/C13H25N5/c1-11(2)14-8-12-6-4-5-7-18(12)9-13-16-15-10-17(13)3/h10-12,14H,4-9H2,1-3H3. The van der Waals surface area contributed by atoms with Gasteiger partial charge in [0, 0.05) is 25.7 Å². The molecule has 0 bridgehead atoms. The van der Waals surface area contributed by atoms with Gasteiger partial charge in [-0.05, 0) is 19.4 Å². The zero-order valence-electron chi connectivity index (χ0n) is 11.8. The molecule has 1 aliphatic rings. The average molecular weight is 251 g/mol. The third-order valence-electron chi connectivity index (χ3n) is 3.66. The summed E-state index contributed by atoms with van der Waals surface area (Å²) in [5.41, 5.74) is 0. The SMILES string of the molecule is CC(C)NCC1CCCCN1Cc1nncn1C. The molecule has 0 radical (unpaired) electrons. The molecule has 5 heteroatoms. The number of aryl methyl sites for hydroxylation is 1. The van der Waals surface area contributed by atoms with Crippen LogP contribution >= 0.6 is 0 Å². The van der Waals surface area contributed by atoms with E-state index in [1.165, 1.54) is 25.8 Å². The first-order valence-electron chi connectivity index (χ1n) is 6.97. The summed E-state index contributed by atoms with van der Waals surface area (Å²) in [6.07, 6.45) is 5.72. The summed E-state index contributed by atoms with van der Waals surface area (Å²) in [4.78, 5) is 2.54. The van der Waals surface area contributed by atoms with Crippen LogP contribution < -0.4 is 5.32 Å². The zero-order valence-corrected chi connectivity index (χ0v) is 11.8. The summed E-state index contributed by atoms with van der Waals surface area (Å²) in [6.45, 7) is 7.58. The number of nitrogens with zero attached hydrogens (tertiary/aromatic N) is 4. The lowest BCUT2D eigenvalue weighted by Crippen LogP contribution is -2.46. The molecule has 1 aromatic rings. The fourth-order valence-corrected chi connectivity index (χ4v) is 2.50. The third-order valence-corrected chi connectivity index (χ3v) is 3.66. The molecule has 0 amide bonds. The van der Waals surface area contributed by atoms with Crippen LogP contribution in [0.25, 0.3) is 0 Å². The van der Waals surface area contributed by atoms with Gasteiger partial charge in [-0.2, -0.15) is 0 Å². The molecule has 2 rings (SSSR count). The maximum absolute atomic E-state index is 4.19. The molecular weight excluding hydrogens is 226 g/mol. The van der Waals surface area contributed by atoms with Crippen molar-refractivity contribution in [3.8, 4) is 0 Å². The van der Waals surface area contributed by atoms with Gasteiger partial charge in [-0.15, -0.1) is 10.2 Å². The van der Waals surface area contributed by atoms with Crippen molar-refractivity contribution in [3.05, 3.63) is 12.2 Å². The van der Waals surface area contributed by atoms with E-state index in [0.717, 1.165) is 18.9 Å². The van der Waals surface area contributed by atoms with Crippen LogP contribution in [-0.4, -0.2) is 44.8 Å². The van der Waals surface area contributed by atoms with Gasteiger partial charge in [0.05, 0.1) is 6.54 Å². The Morgan fingerprint density at radius 2 is 2.28 bits per heavy atom. The van der Waals surface area contributed by atoms with Gasteiger partial charge in [0.15, 0.2) is 0 Å². The Bertz CT molecular complexity index is 360. The van der Waals surface area contributed by atoms with Gasteiger partial charge in [0.1, 0.15) is 12.2 Å². The average Bonchev–Trinajstić information content (AvgIpc) is 2.74. The molecule has 1 saturated heterocycles. The monoisotopic (exact) mass is 251 g/mol. The molecule has 2 heterocycles. The largest absolute Gasteiger partial charge is 0.320 e. The van der Waals surface area contributed by atoms with E-state index >= 15 is 0 Å². The number of rotatable bonds is 5. The van der Waals surface area contributed by atoms with E-state index in [9.17, 15) is 0 Å². The van der Waals surface area contributed by atoms with Gasteiger partial charge in [-0.25, -0.2) is 0 Å². The smallest absolute Gasteiger partial charge is 0.146 e. The Kier molecular flexibility index (Phi) is 4.72. The molecule has 1 aromatic heterocycles. The minimum atomic E-state index is 0.559. The number of aromatic nitrogens is 3. The van der Waals surface area contributed by atoms with Gasteiger partial charge >= 0.3 is 0 Å². The highest BCUT2D eigenvalue weighted by molar-refractivity contribution is 4.88. The van der Waals surface area contributed by atoms with Crippen LogP contribution in [0.1, 0.15) is 38.9 Å². The van der Waals surface area contributed by atoms with Crippen molar-refractivity contribution >= 4 is 0 Å². The molecule has 1 unspecified atom stereocenters. The summed E-state index contributed by atoms with van der Waals surface area (Å²) >= 11 is 0. The predicted molar refractivity (Wildman–Crippen MR) is 72.2 cm³/mol. The summed E-state index contributed by atoms with van der Waals surface area (Å²) in [7, 11) is 2.01. The number of likely N-dealkylation sites (tertiary alicyclic amines) is 1. The van der Waals surface area contributed by atoms with Crippen LogP contribution in [0, 0.1) is 0 Å². The Balaban J connectivity index is 1.93. The normalized spacial score (nSPS) is 21.7. The van der Waals surface area contributed by atoms with Crippen molar-refractivity contribution in [1.29, 1.82) is 0 Å². The van der Waals surface area contributed by atoms with Crippen molar-refractivity contribution in [3.63, 3.8) is 0 Å². The van der Waals surface area contributed by atoms with Crippen molar-refractivity contribution in [2.75, 3.05) is 13.1 Å². The lowest BCUT2D eigenvalue weighted by molar-refractivity contribution is 0.131. The van der Waals surface area contributed by atoms with Crippen molar-refractivity contribution < 1.29 is 0 Å². The summed E-state index contributed by atoms with van der Waals surface area (Å²) in [5, 5.41) is 11.7. The summed E-state index contributed by atoms with van der Waals surface area (Å²) < 4.78 is 2.02. The van der Waals surface area contributed by atoms with Crippen molar-refractivity contribution in [2.24, 2.45) is 7.05 Å². The molecule has 1 fully saturated rings. The molecule has 1 atom stereocenters. The van der Waals surface area contributed by atoms with Crippen LogP contribution in [-0.2, 0) is 13.6 Å². The molecule has 1 aliphatic heterocycles. The lowest BCUT2D eigenvalue weighted by Gasteiger charge is -2.35. The number of hydrogen-bond acceptors (Lipinski definition) is 4. The number of nitrogens with one attached hydrogen (secondary N) is 1. The Labute approximate surface area is 110 Å². The molecule has 0 aliphatic carbocycles. The summed E-state index contributed by atoms with van der Waals surface area (Å²) in [6, 6.07) is 1.20. The fraction of sp³-hybridized carbons (Fsp3) is 0.846. The first kappa shape index (κ1) is 13.5. The van der Waals surface area contributed by atoms with E-state index in [2.05, 4.69) is 34.3 Å². The molecule has 0 spiro atoms. The van der Waals surface area contributed by atoms with E-state index in [4.69, 9.17) is 0 Å². The lowest BCUT2D eigenvalue weighted by atomic mass is 10.0. The number of hydrogen-bond donors (Lipinski definition) is 1. The van der Waals surface area contributed by atoms with Crippen molar-refractivity contribution in [1.82, 2.24) is 25.0 Å². The molecular formula is C13H25N5. The second kappa shape index (κ2) is 6.29. The topological polar surface area (TPSA) is 46.0 Å². The third kappa shape index (κ3) is 3.53.